The zero-order valence-electron chi connectivity index (χ0n) is 11.6. The van der Waals surface area contributed by atoms with Gasteiger partial charge in [-0.25, -0.2) is 9.37 Å². The molecule has 0 saturated heterocycles. The molecular formula is C15H9FN4O2S. The highest BCUT2D eigenvalue weighted by molar-refractivity contribution is 7.13. The van der Waals surface area contributed by atoms with Crippen molar-refractivity contribution >= 4 is 22.2 Å². The molecule has 0 N–H and O–H groups in total. The van der Waals surface area contributed by atoms with Crippen LogP contribution in [0, 0.1) is 5.82 Å². The number of rotatable bonds is 3. The number of thiophene rings is 1. The predicted molar refractivity (Wildman–Crippen MR) is 82.7 cm³/mol. The Morgan fingerprint density at radius 3 is 3.04 bits per heavy atom. The first-order valence-electron chi connectivity index (χ1n) is 6.72. The quantitative estimate of drug-likeness (QED) is 0.578. The number of nitrogens with zero attached hydrogens (tertiary/aromatic N) is 4. The van der Waals surface area contributed by atoms with E-state index in [0.29, 0.717) is 22.6 Å². The average Bonchev–Trinajstić information content (AvgIpc) is 3.21. The number of halogens is 1. The molecule has 4 aromatic rings. The summed E-state index contributed by atoms with van der Waals surface area (Å²) in [6.45, 7) is 0.133. The van der Waals surface area contributed by atoms with E-state index in [1.165, 1.54) is 40.4 Å². The van der Waals surface area contributed by atoms with Crippen LogP contribution >= 0.6 is 11.3 Å². The van der Waals surface area contributed by atoms with Crippen LogP contribution in [-0.4, -0.2) is 19.7 Å². The molecule has 0 radical (unpaired) electrons. The topological polar surface area (TPSA) is 73.8 Å². The molecule has 8 heteroatoms. The first-order valence-corrected chi connectivity index (χ1v) is 7.60. The van der Waals surface area contributed by atoms with Crippen molar-refractivity contribution in [2.75, 3.05) is 0 Å². The van der Waals surface area contributed by atoms with E-state index in [2.05, 4.69) is 15.1 Å². The normalized spacial score (nSPS) is 11.2. The number of hydrogen-bond acceptors (Lipinski definition) is 6. The molecule has 0 aliphatic carbocycles. The van der Waals surface area contributed by atoms with Gasteiger partial charge in [-0.1, -0.05) is 11.2 Å². The van der Waals surface area contributed by atoms with E-state index in [4.69, 9.17) is 4.52 Å². The lowest BCUT2D eigenvalue weighted by Crippen LogP contribution is -2.21. The van der Waals surface area contributed by atoms with Crippen LogP contribution in [0.2, 0.25) is 0 Å². The molecule has 0 amide bonds. The van der Waals surface area contributed by atoms with Crippen LogP contribution in [0.1, 0.15) is 5.82 Å². The van der Waals surface area contributed by atoms with E-state index in [9.17, 15) is 9.18 Å². The Labute approximate surface area is 132 Å². The maximum absolute atomic E-state index is 13.2. The van der Waals surface area contributed by atoms with Crippen LogP contribution in [-0.2, 0) is 6.54 Å². The molecule has 0 spiro atoms. The summed E-state index contributed by atoms with van der Waals surface area (Å²) in [5.41, 5.74) is 0.0381. The number of fused-ring (bicyclic) bond motifs is 1. The van der Waals surface area contributed by atoms with E-state index in [-0.39, 0.29) is 12.1 Å². The van der Waals surface area contributed by atoms with Crippen LogP contribution in [0.15, 0.2) is 51.4 Å². The summed E-state index contributed by atoms with van der Waals surface area (Å²) < 4.78 is 19.7. The van der Waals surface area contributed by atoms with E-state index in [1.54, 1.807) is 0 Å². The maximum Gasteiger partial charge on any atom is 0.268 e. The molecule has 0 aliphatic rings. The van der Waals surface area contributed by atoms with Crippen molar-refractivity contribution in [1.82, 2.24) is 19.7 Å². The molecule has 23 heavy (non-hydrogen) atoms. The Bertz CT molecular complexity index is 1040. The van der Waals surface area contributed by atoms with Crippen molar-refractivity contribution in [1.29, 1.82) is 0 Å². The van der Waals surface area contributed by atoms with Gasteiger partial charge in [-0.3, -0.25) is 9.36 Å². The first-order chi connectivity index (χ1) is 11.2. The van der Waals surface area contributed by atoms with E-state index >= 15 is 0 Å². The molecule has 0 aliphatic heterocycles. The summed E-state index contributed by atoms with van der Waals surface area (Å²) in [4.78, 5) is 21.6. The van der Waals surface area contributed by atoms with Gasteiger partial charge in [0, 0.05) is 6.07 Å². The summed E-state index contributed by atoms with van der Waals surface area (Å²) >= 11 is 1.49. The Kier molecular flexibility index (Phi) is 3.23. The van der Waals surface area contributed by atoms with Gasteiger partial charge in [0.25, 0.3) is 11.4 Å². The molecule has 4 rings (SSSR count). The lowest BCUT2D eigenvalue weighted by molar-refractivity contribution is 0.421. The predicted octanol–water partition coefficient (Wildman–Crippen LogP) is 2.70. The lowest BCUT2D eigenvalue weighted by Gasteiger charge is -2.03. The highest BCUT2D eigenvalue weighted by atomic mass is 32.1. The lowest BCUT2D eigenvalue weighted by atomic mass is 10.2. The third-order valence-corrected chi connectivity index (χ3v) is 4.16. The van der Waals surface area contributed by atoms with Gasteiger partial charge >= 0.3 is 0 Å². The Hall–Kier alpha value is -2.87. The monoisotopic (exact) mass is 328 g/mol. The Balaban J connectivity index is 1.69. The minimum atomic E-state index is -0.430. The molecule has 0 fully saturated rings. The van der Waals surface area contributed by atoms with Gasteiger partial charge in [0.15, 0.2) is 5.82 Å². The van der Waals surface area contributed by atoms with E-state index in [1.807, 2.05) is 17.5 Å². The van der Waals surface area contributed by atoms with Crippen molar-refractivity contribution < 1.29 is 8.91 Å². The number of benzene rings is 1. The second kappa shape index (κ2) is 5.40. The summed E-state index contributed by atoms with van der Waals surface area (Å²) in [7, 11) is 0. The molecule has 6 nitrogen and oxygen atoms in total. The largest absolute Gasteiger partial charge is 0.333 e. The fourth-order valence-electron chi connectivity index (χ4n) is 2.22. The Morgan fingerprint density at radius 2 is 2.22 bits per heavy atom. The highest BCUT2D eigenvalue weighted by Crippen LogP contribution is 2.22. The molecule has 0 unspecified atom stereocenters. The summed E-state index contributed by atoms with van der Waals surface area (Å²) in [5, 5.41) is 6.13. The number of hydrogen-bond donors (Lipinski definition) is 0. The van der Waals surface area contributed by atoms with Gasteiger partial charge in [-0.15, -0.1) is 11.3 Å². The molecular weight excluding hydrogens is 319 g/mol. The zero-order chi connectivity index (χ0) is 15.8. The summed E-state index contributed by atoms with van der Waals surface area (Å²) in [6.07, 6.45) is 1.35. The smallest absolute Gasteiger partial charge is 0.268 e. The molecule has 0 bridgehead atoms. The SMILES string of the molecule is O=c1c2ccc(F)cc2ncn1Cc1noc(-c2cccs2)n1. The molecule has 1 aromatic carbocycles. The van der Waals surface area contributed by atoms with Crippen molar-refractivity contribution in [3.8, 4) is 10.8 Å². The van der Waals surface area contributed by atoms with Crippen molar-refractivity contribution in [3.05, 3.63) is 64.0 Å². The molecule has 114 valence electrons. The summed E-state index contributed by atoms with van der Waals surface area (Å²) in [5.74, 6) is 0.360. The highest BCUT2D eigenvalue weighted by Gasteiger charge is 2.12. The van der Waals surface area contributed by atoms with E-state index in [0.717, 1.165) is 4.88 Å². The van der Waals surface area contributed by atoms with Crippen molar-refractivity contribution in [3.63, 3.8) is 0 Å². The van der Waals surface area contributed by atoms with Gasteiger partial charge in [0.05, 0.1) is 28.7 Å². The molecule has 3 aromatic heterocycles. The van der Waals surface area contributed by atoms with Crippen LogP contribution in [0.4, 0.5) is 4.39 Å². The second-order valence-corrected chi connectivity index (χ2v) is 5.78. The minimum Gasteiger partial charge on any atom is -0.333 e. The van der Waals surface area contributed by atoms with Gasteiger partial charge in [0.2, 0.25) is 0 Å². The summed E-state index contributed by atoms with van der Waals surface area (Å²) in [6, 6.07) is 7.65. The van der Waals surface area contributed by atoms with Crippen molar-refractivity contribution in [2.45, 2.75) is 6.54 Å². The maximum atomic E-state index is 13.2. The zero-order valence-corrected chi connectivity index (χ0v) is 12.5. The standard InChI is InChI=1S/C15H9FN4O2S/c16-9-3-4-10-11(6-9)17-8-20(15(10)21)7-13-18-14(22-19-13)12-2-1-5-23-12/h1-6,8H,7H2. The minimum absolute atomic E-state index is 0.133. The van der Waals surface area contributed by atoms with E-state index < -0.39 is 5.82 Å². The fraction of sp³-hybridized carbons (Fsp3) is 0.0667. The third kappa shape index (κ3) is 2.53. The van der Waals surface area contributed by atoms with Crippen LogP contribution in [0.25, 0.3) is 21.7 Å². The first kappa shape index (κ1) is 13.8. The van der Waals surface area contributed by atoms with Crippen LogP contribution in [0.5, 0.6) is 0 Å². The fourth-order valence-corrected chi connectivity index (χ4v) is 2.86. The Morgan fingerprint density at radius 1 is 1.30 bits per heavy atom. The second-order valence-electron chi connectivity index (χ2n) is 4.83. The molecule has 0 atom stereocenters. The van der Waals surface area contributed by atoms with Gasteiger partial charge in [-0.05, 0) is 23.6 Å². The molecule has 3 heterocycles. The number of aromatic nitrogens is 4. The van der Waals surface area contributed by atoms with Gasteiger partial charge < -0.3 is 4.52 Å². The molecule has 0 saturated carbocycles. The average molecular weight is 328 g/mol. The van der Waals surface area contributed by atoms with Crippen molar-refractivity contribution in [2.24, 2.45) is 0 Å². The van der Waals surface area contributed by atoms with Gasteiger partial charge in [-0.2, -0.15) is 4.98 Å². The van der Waals surface area contributed by atoms with Crippen LogP contribution in [0.3, 0.4) is 0 Å². The van der Waals surface area contributed by atoms with Gasteiger partial charge in [0.1, 0.15) is 5.82 Å². The van der Waals surface area contributed by atoms with Crippen LogP contribution < -0.4 is 5.56 Å². The third-order valence-electron chi connectivity index (χ3n) is 3.30.